The molecule has 0 aliphatic rings. The molecule has 0 amide bonds. The molecule has 0 aliphatic heterocycles. The van der Waals surface area contributed by atoms with Crippen LogP contribution in [0, 0.1) is 5.92 Å². The van der Waals surface area contributed by atoms with E-state index in [1.54, 1.807) is 19.1 Å². The molecule has 6 heteroatoms. The van der Waals surface area contributed by atoms with Gasteiger partial charge in [0, 0.05) is 41.4 Å². The predicted octanol–water partition coefficient (Wildman–Crippen LogP) is 6.35. The molecular weight excluding hydrogens is 438 g/mol. The van der Waals surface area contributed by atoms with Crippen molar-refractivity contribution in [3.63, 3.8) is 0 Å². The molecule has 0 fully saturated rings. The fourth-order valence-electron chi connectivity index (χ4n) is 4.53. The van der Waals surface area contributed by atoms with E-state index in [1.165, 1.54) is 5.56 Å². The summed E-state index contributed by atoms with van der Waals surface area (Å²) in [7, 11) is 1.85. The third kappa shape index (κ3) is 6.46. The molecule has 0 bridgehead atoms. The van der Waals surface area contributed by atoms with E-state index in [4.69, 9.17) is 16.7 Å². The predicted molar refractivity (Wildman–Crippen MR) is 132 cm³/mol. The Morgan fingerprint density at radius 1 is 1.03 bits per heavy atom. The Labute approximate surface area is 200 Å². The van der Waals surface area contributed by atoms with Gasteiger partial charge < -0.3 is 14.8 Å². The van der Waals surface area contributed by atoms with Gasteiger partial charge in [-0.25, -0.2) is 0 Å². The summed E-state index contributed by atoms with van der Waals surface area (Å²) in [5.74, 6) is -1.38. The Balaban J connectivity index is 1.76. The molecule has 0 aliphatic carbocycles. The first-order chi connectivity index (χ1) is 15.8. The molecule has 2 atom stereocenters. The monoisotopic (exact) mass is 469 g/mol. The number of halogens is 1. The number of aromatic nitrogens is 1. The molecular formula is C27H32ClNO4. The highest BCUT2D eigenvalue weighted by Crippen LogP contribution is 2.35. The van der Waals surface area contributed by atoms with Gasteiger partial charge in [0.25, 0.3) is 0 Å². The van der Waals surface area contributed by atoms with Crippen molar-refractivity contribution in [2.45, 2.75) is 58.0 Å². The molecule has 0 spiro atoms. The molecule has 0 radical (unpaired) electrons. The lowest BCUT2D eigenvalue weighted by molar-refractivity contribution is -0.137. The van der Waals surface area contributed by atoms with Gasteiger partial charge in [-0.2, -0.15) is 0 Å². The lowest BCUT2D eigenvalue weighted by Gasteiger charge is -2.16. The third-order valence-corrected chi connectivity index (χ3v) is 6.38. The number of aliphatic carboxylic acids is 1. The van der Waals surface area contributed by atoms with Crippen molar-refractivity contribution in [3.05, 3.63) is 70.4 Å². The van der Waals surface area contributed by atoms with Crippen LogP contribution in [0.25, 0.3) is 10.9 Å². The molecule has 2 aromatic carbocycles. The number of aliphatic hydroxyl groups is 1. The second-order valence-electron chi connectivity index (χ2n) is 8.91. The van der Waals surface area contributed by atoms with Crippen molar-refractivity contribution in [2.75, 3.05) is 0 Å². The number of hydrogen-bond donors (Lipinski definition) is 2. The van der Waals surface area contributed by atoms with Crippen LogP contribution >= 0.6 is 11.6 Å². The van der Waals surface area contributed by atoms with Crippen LogP contribution in [0.5, 0.6) is 0 Å². The zero-order valence-corrected chi connectivity index (χ0v) is 20.0. The van der Waals surface area contributed by atoms with Crippen molar-refractivity contribution >= 4 is 34.3 Å². The number of carbonyl (C=O) groups excluding carboxylic acids is 1. The summed E-state index contributed by atoms with van der Waals surface area (Å²) in [6.45, 7) is 1.76. The van der Waals surface area contributed by atoms with Gasteiger partial charge in [0.05, 0.1) is 11.8 Å². The molecule has 3 aromatic rings. The summed E-state index contributed by atoms with van der Waals surface area (Å²) < 4.78 is 1.87. The number of carboxylic acid groups (broad SMARTS) is 1. The Morgan fingerprint density at radius 3 is 2.45 bits per heavy atom. The second-order valence-corrected chi connectivity index (χ2v) is 9.35. The van der Waals surface area contributed by atoms with E-state index >= 15 is 0 Å². The molecule has 33 heavy (non-hydrogen) atoms. The molecule has 5 nitrogen and oxygen atoms in total. The van der Waals surface area contributed by atoms with Crippen LogP contribution in [0.1, 0.15) is 73.2 Å². The maximum absolute atomic E-state index is 13.3. The summed E-state index contributed by atoms with van der Waals surface area (Å²) in [5, 5.41) is 21.4. The molecule has 1 heterocycles. The number of carbonyl (C=O) groups is 2. The zero-order valence-electron chi connectivity index (χ0n) is 19.3. The van der Waals surface area contributed by atoms with Crippen LogP contribution in [0.3, 0.4) is 0 Å². The normalized spacial score (nSPS) is 13.2. The number of fused-ring (bicyclic) bond motifs is 1. The van der Waals surface area contributed by atoms with Crippen LogP contribution in [0.4, 0.5) is 0 Å². The number of aliphatic hydroxyl groups excluding tert-OH is 1. The summed E-state index contributed by atoms with van der Waals surface area (Å²) in [6, 6.07) is 15.7. The van der Waals surface area contributed by atoms with Gasteiger partial charge in [0.1, 0.15) is 0 Å². The van der Waals surface area contributed by atoms with Crippen molar-refractivity contribution in [1.29, 1.82) is 0 Å². The minimum atomic E-state index is -0.924. The van der Waals surface area contributed by atoms with E-state index in [1.807, 2.05) is 35.9 Å². The molecule has 0 saturated carbocycles. The fourth-order valence-corrected chi connectivity index (χ4v) is 4.71. The Morgan fingerprint density at radius 2 is 1.76 bits per heavy atom. The quantitative estimate of drug-likeness (QED) is 0.239. The van der Waals surface area contributed by atoms with Crippen molar-refractivity contribution < 1.29 is 19.8 Å². The van der Waals surface area contributed by atoms with Crippen molar-refractivity contribution in [3.8, 4) is 0 Å². The topological polar surface area (TPSA) is 79.5 Å². The standard InChI is InChI=1S/C27H32ClNO4/c1-18(16-25(32)33)15-24(31)26-21-17-20(28)13-14-22(21)29(2)27(26)23(30)12-8-4-7-11-19-9-5-3-6-10-19/h3,5-6,9-10,13-14,17-18,23,30H,4,7-8,11-12,15-16H2,1-2H3,(H,32,33)/t18-,23-/m0/s1. The number of rotatable bonds is 12. The highest BCUT2D eigenvalue weighted by Gasteiger charge is 2.27. The van der Waals surface area contributed by atoms with Crippen LogP contribution in [-0.4, -0.2) is 26.5 Å². The van der Waals surface area contributed by atoms with E-state index in [2.05, 4.69) is 12.1 Å². The minimum Gasteiger partial charge on any atom is -0.481 e. The lowest BCUT2D eigenvalue weighted by Crippen LogP contribution is -2.14. The first-order valence-corrected chi connectivity index (χ1v) is 11.9. The molecule has 0 saturated heterocycles. The average Bonchev–Trinajstić information content (AvgIpc) is 3.05. The molecule has 0 unspecified atom stereocenters. The van der Waals surface area contributed by atoms with E-state index in [0.717, 1.165) is 31.2 Å². The number of Topliss-reactive ketones (excluding diaryl/α,β-unsaturated/α-hetero) is 1. The highest BCUT2D eigenvalue weighted by molar-refractivity contribution is 6.31. The van der Waals surface area contributed by atoms with Gasteiger partial charge in [-0.15, -0.1) is 0 Å². The Kier molecular flexibility index (Phi) is 8.70. The van der Waals surface area contributed by atoms with Gasteiger partial charge in [-0.1, -0.05) is 61.7 Å². The molecule has 3 rings (SSSR count). The summed E-state index contributed by atoms with van der Waals surface area (Å²) >= 11 is 6.22. The van der Waals surface area contributed by atoms with Gasteiger partial charge >= 0.3 is 5.97 Å². The Hall–Kier alpha value is -2.63. The highest BCUT2D eigenvalue weighted by atomic mass is 35.5. The van der Waals surface area contributed by atoms with Gasteiger partial charge in [0.15, 0.2) is 5.78 Å². The van der Waals surface area contributed by atoms with E-state index in [9.17, 15) is 14.7 Å². The smallest absolute Gasteiger partial charge is 0.303 e. The van der Waals surface area contributed by atoms with Crippen LogP contribution in [0.2, 0.25) is 5.02 Å². The number of ketones is 1. The lowest BCUT2D eigenvalue weighted by atomic mass is 9.93. The van der Waals surface area contributed by atoms with Crippen LogP contribution in [-0.2, 0) is 18.3 Å². The maximum atomic E-state index is 13.3. The summed E-state index contributed by atoms with van der Waals surface area (Å²) in [6.07, 6.45) is 3.68. The van der Waals surface area contributed by atoms with E-state index in [0.29, 0.717) is 28.1 Å². The summed E-state index contributed by atoms with van der Waals surface area (Å²) in [5.41, 5.74) is 3.19. The first kappa shape index (κ1) is 25.0. The average molecular weight is 470 g/mol. The third-order valence-electron chi connectivity index (χ3n) is 6.14. The second kappa shape index (κ2) is 11.5. The maximum Gasteiger partial charge on any atom is 0.303 e. The largest absolute Gasteiger partial charge is 0.481 e. The number of hydrogen-bond acceptors (Lipinski definition) is 3. The zero-order chi connectivity index (χ0) is 24.0. The Bertz CT molecular complexity index is 1110. The summed E-state index contributed by atoms with van der Waals surface area (Å²) in [4.78, 5) is 24.3. The fraction of sp³-hybridized carbons (Fsp3) is 0.407. The van der Waals surface area contributed by atoms with Gasteiger partial charge in [0.2, 0.25) is 0 Å². The SMILES string of the molecule is C[C@H](CC(=O)O)CC(=O)c1c([C@@H](O)CCCCCc2ccccc2)n(C)c2ccc(Cl)cc12. The molecule has 2 N–H and O–H groups in total. The first-order valence-electron chi connectivity index (χ1n) is 11.5. The van der Waals surface area contributed by atoms with Crippen LogP contribution < -0.4 is 0 Å². The van der Waals surface area contributed by atoms with Crippen molar-refractivity contribution in [2.24, 2.45) is 13.0 Å². The number of benzene rings is 2. The van der Waals surface area contributed by atoms with Gasteiger partial charge in [-0.05, 0) is 48.9 Å². The molecule has 1 aromatic heterocycles. The number of aryl methyl sites for hydroxylation is 2. The van der Waals surface area contributed by atoms with Crippen LogP contribution in [0.15, 0.2) is 48.5 Å². The van der Waals surface area contributed by atoms with E-state index < -0.39 is 12.1 Å². The van der Waals surface area contributed by atoms with E-state index in [-0.39, 0.29) is 24.5 Å². The number of carboxylic acids is 1. The minimum absolute atomic E-state index is 0.0729. The van der Waals surface area contributed by atoms with Gasteiger partial charge in [-0.3, -0.25) is 9.59 Å². The molecule has 176 valence electrons. The number of unbranched alkanes of at least 4 members (excludes halogenated alkanes) is 2. The van der Waals surface area contributed by atoms with Crippen molar-refractivity contribution in [1.82, 2.24) is 4.57 Å². The number of nitrogens with zero attached hydrogens (tertiary/aromatic N) is 1.